The lowest BCUT2D eigenvalue weighted by Gasteiger charge is -2.38. The minimum absolute atomic E-state index is 0.00464. The van der Waals surface area contributed by atoms with Gasteiger partial charge in [-0.25, -0.2) is 4.39 Å². The maximum absolute atomic E-state index is 13.3. The SMILES string of the molecule is O=C1CCCC2=C1C(c1ccc(F)cc1)CC(=O)N2c1ccc([N+](=O)[O-])cc1. The Labute approximate surface area is 160 Å². The molecule has 0 bridgehead atoms. The highest BCUT2D eigenvalue weighted by atomic mass is 19.1. The lowest BCUT2D eigenvalue weighted by atomic mass is 9.77. The number of nitrogens with zero attached hydrogens (tertiary/aromatic N) is 2. The first kappa shape index (κ1) is 18.0. The predicted octanol–water partition coefficient (Wildman–Crippen LogP) is 4.26. The number of allylic oxidation sites excluding steroid dienone is 2. The fourth-order valence-corrected chi connectivity index (χ4v) is 4.00. The molecule has 2 aliphatic rings. The fraction of sp³-hybridized carbons (Fsp3) is 0.238. The average Bonchev–Trinajstić information content (AvgIpc) is 2.68. The van der Waals surface area contributed by atoms with Crippen LogP contribution < -0.4 is 4.90 Å². The van der Waals surface area contributed by atoms with Crippen molar-refractivity contribution in [3.8, 4) is 0 Å². The maximum Gasteiger partial charge on any atom is 0.269 e. The Morgan fingerprint density at radius 2 is 1.68 bits per heavy atom. The number of nitro benzene ring substituents is 1. The van der Waals surface area contributed by atoms with E-state index >= 15 is 0 Å². The largest absolute Gasteiger partial charge is 0.294 e. The van der Waals surface area contributed by atoms with Crippen molar-refractivity contribution in [1.29, 1.82) is 0 Å². The molecule has 2 aromatic carbocycles. The van der Waals surface area contributed by atoms with Crippen LogP contribution in [0.3, 0.4) is 0 Å². The molecule has 0 radical (unpaired) electrons. The van der Waals surface area contributed by atoms with Gasteiger partial charge in [0, 0.05) is 47.8 Å². The molecule has 142 valence electrons. The molecule has 0 saturated heterocycles. The predicted molar refractivity (Wildman–Crippen MR) is 100 cm³/mol. The summed E-state index contributed by atoms with van der Waals surface area (Å²) in [7, 11) is 0. The Morgan fingerprint density at radius 1 is 1.00 bits per heavy atom. The fourth-order valence-electron chi connectivity index (χ4n) is 4.00. The summed E-state index contributed by atoms with van der Waals surface area (Å²) in [4.78, 5) is 37.6. The molecule has 4 rings (SSSR count). The molecule has 0 aromatic heterocycles. The molecule has 0 fully saturated rings. The van der Waals surface area contributed by atoms with Gasteiger partial charge < -0.3 is 0 Å². The number of ketones is 1. The normalized spacial score (nSPS) is 19.6. The van der Waals surface area contributed by atoms with Crippen LogP contribution in [-0.2, 0) is 9.59 Å². The molecule has 1 amide bonds. The van der Waals surface area contributed by atoms with Gasteiger partial charge in [-0.05, 0) is 42.7 Å². The highest BCUT2D eigenvalue weighted by molar-refractivity contribution is 6.07. The van der Waals surface area contributed by atoms with E-state index in [9.17, 15) is 24.1 Å². The molecule has 0 N–H and O–H groups in total. The van der Waals surface area contributed by atoms with Crippen LogP contribution in [0.15, 0.2) is 59.8 Å². The van der Waals surface area contributed by atoms with E-state index in [-0.39, 0.29) is 29.6 Å². The topological polar surface area (TPSA) is 80.5 Å². The van der Waals surface area contributed by atoms with E-state index in [4.69, 9.17) is 0 Å². The van der Waals surface area contributed by atoms with E-state index in [2.05, 4.69) is 0 Å². The van der Waals surface area contributed by atoms with Crippen molar-refractivity contribution in [1.82, 2.24) is 0 Å². The third kappa shape index (κ3) is 3.09. The van der Waals surface area contributed by atoms with Crippen LogP contribution in [0.1, 0.15) is 37.2 Å². The van der Waals surface area contributed by atoms with E-state index in [0.717, 1.165) is 5.56 Å². The molecule has 1 atom stereocenters. The number of hydrogen-bond acceptors (Lipinski definition) is 4. The van der Waals surface area contributed by atoms with Crippen molar-refractivity contribution in [3.63, 3.8) is 0 Å². The van der Waals surface area contributed by atoms with Crippen LogP contribution >= 0.6 is 0 Å². The Hall–Kier alpha value is -3.35. The van der Waals surface area contributed by atoms with Crippen LogP contribution in [0.4, 0.5) is 15.8 Å². The van der Waals surface area contributed by atoms with Gasteiger partial charge in [0.15, 0.2) is 5.78 Å². The van der Waals surface area contributed by atoms with Crippen molar-refractivity contribution in [2.45, 2.75) is 31.6 Å². The lowest BCUT2D eigenvalue weighted by Crippen LogP contribution is -2.40. The highest BCUT2D eigenvalue weighted by Gasteiger charge is 2.39. The number of carbonyl (C=O) groups is 2. The number of benzene rings is 2. The van der Waals surface area contributed by atoms with Crippen LogP contribution in [0, 0.1) is 15.9 Å². The first-order chi connectivity index (χ1) is 13.5. The minimum atomic E-state index is -0.499. The van der Waals surface area contributed by atoms with Gasteiger partial charge in [-0.3, -0.25) is 24.6 Å². The standard InChI is InChI=1S/C21H17FN2O4/c22-14-6-4-13(5-7-14)17-12-20(26)23(18-2-1-3-19(25)21(17)18)15-8-10-16(11-9-15)24(27)28/h4-11,17H,1-3,12H2. The second-order valence-corrected chi connectivity index (χ2v) is 6.95. The summed E-state index contributed by atoms with van der Waals surface area (Å²) in [5.74, 6) is -0.959. The molecule has 1 unspecified atom stereocenters. The first-order valence-electron chi connectivity index (χ1n) is 9.05. The van der Waals surface area contributed by atoms with Crippen LogP contribution in [-0.4, -0.2) is 16.6 Å². The van der Waals surface area contributed by atoms with Gasteiger partial charge in [0.25, 0.3) is 5.69 Å². The summed E-state index contributed by atoms with van der Waals surface area (Å²) in [6.45, 7) is 0. The minimum Gasteiger partial charge on any atom is -0.294 e. The van der Waals surface area contributed by atoms with Crippen LogP contribution in [0.5, 0.6) is 0 Å². The zero-order chi connectivity index (χ0) is 19.8. The van der Waals surface area contributed by atoms with E-state index < -0.39 is 10.8 Å². The van der Waals surface area contributed by atoms with E-state index in [1.165, 1.54) is 41.3 Å². The Balaban J connectivity index is 1.80. The van der Waals surface area contributed by atoms with Crippen molar-refractivity contribution in [2.75, 3.05) is 4.90 Å². The second-order valence-electron chi connectivity index (χ2n) is 6.95. The summed E-state index contributed by atoms with van der Waals surface area (Å²) >= 11 is 0. The molecule has 0 spiro atoms. The third-order valence-electron chi connectivity index (χ3n) is 5.27. The number of non-ortho nitro benzene ring substituents is 1. The zero-order valence-corrected chi connectivity index (χ0v) is 14.9. The first-order valence-corrected chi connectivity index (χ1v) is 9.05. The molecule has 7 heteroatoms. The van der Waals surface area contributed by atoms with Gasteiger partial charge in [-0.2, -0.15) is 0 Å². The number of carbonyl (C=O) groups excluding carboxylic acids is 2. The summed E-state index contributed by atoms with van der Waals surface area (Å²) < 4.78 is 13.3. The lowest BCUT2D eigenvalue weighted by molar-refractivity contribution is -0.384. The Bertz CT molecular complexity index is 996. The highest BCUT2D eigenvalue weighted by Crippen LogP contribution is 2.43. The smallest absolute Gasteiger partial charge is 0.269 e. The zero-order valence-electron chi connectivity index (χ0n) is 14.9. The second kappa shape index (κ2) is 6.99. The summed E-state index contributed by atoms with van der Waals surface area (Å²) in [6, 6.07) is 11.6. The molecular weight excluding hydrogens is 363 g/mol. The van der Waals surface area contributed by atoms with E-state index in [1.807, 2.05) is 0 Å². The number of nitro groups is 1. The molecular formula is C21H17FN2O4. The number of anilines is 1. The summed E-state index contributed by atoms with van der Waals surface area (Å²) in [5, 5.41) is 10.9. The van der Waals surface area contributed by atoms with Gasteiger partial charge in [0.1, 0.15) is 5.82 Å². The van der Waals surface area contributed by atoms with E-state index in [1.54, 1.807) is 12.1 Å². The number of Topliss-reactive ketones (excluding diaryl/α,β-unsaturated/α-hetero) is 1. The quantitative estimate of drug-likeness (QED) is 0.589. The number of amides is 1. The molecule has 1 aliphatic carbocycles. The van der Waals surface area contributed by atoms with Gasteiger partial charge in [-0.1, -0.05) is 12.1 Å². The van der Waals surface area contributed by atoms with Crippen molar-refractivity contribution in [2.24, 2.45) is 0 Å². The molecule has 1 aliphatic heterocycles. The Morgan fingerprint density at radius 3 is 2.32 bits per heavy atom. The number of hydrogen-bond donors (Lipinski definition) is 0. The van der Waals surface area contributed by atoms with Gasteiger partial charge in [-0.15, -0.1) is 0 Å². The Kier molecular flexibility index (Phi) is 4.50. The molecule has 0 saturated carbocycles. The number of halogens is 1. The monoisotopic (exact) mass is 380 g/mol. The summed E-state index contributed by atoms with van der Waals surface area (Å²) in [6.07, 6.45) is 1.72. The third-order valence-corrected chi connectivity index (χ3v) is 5.27. The van der Waals surface area contributed by atoms with Crippen molar-refractivity contribution < 1.29 is 18.9 Å². The number of rotatable bonds is 3. The summed E-state index contributed by atoms with van der Waals surface area (Å²) in [5.41, 5.74) is 2.43. The molecule has 6 nitrogen and oxygen atoms in total. The van der Waals surface area contributed by atoms with Gasteiger partial charge in [0.2, 0.25) is 5.91 Å². The molecule has 28 heavy (non-hydrogen) atoms. The molecule has 1 heterocycles. The van der Waals surface area contributed by atoms with Crippen LogP contribution in [0.2, 0.25) is 0 Å². The maximum atomic E-state index is 13.3. The molecule has 2 aromatic rings. The van der Waals surface area contributed by atoms with Gasteiger partial charge >= 0.3 is 0 Å². The average molecular weight is 380 g/mol. The van der Waals surface area contributed by atoms with Gasteiger partial charge in [0.05, 0.1) is 4.92 Å². The van der Waals surface area contributed by atoms with Crippen molar-refractivity contribution >= 4 is 23.1 Å². The van der Waals surface area contributed by atoms with Crippen LogP contribution in [0.25, 0.3) is 0 Å². The van der Waals surface area contributed by atoms with Crippen molar-refractivity contribution in [3.05, 3.63) is 81.3 Å². The van der Waals surface area contributed by atoms with E-state index in [0.29, 0.717) is 36.2 Å².